The maximum Gasteiger partial charge on any atom is 0.409 e. The molecule has 1 saturated heterocycles. The van der Waals surface area contributed by atoms with Crippen molar-refractivity contribution < 1.29 is 23.5 Å². The fraction of sp³-hybridized carbons (Fsp3) is 0.409. The van der Waals surface area contributed by atoms with Gasteiger partial charge in [0.15, 0.2) is 0 Å². The molecule has 4 heterocycles. The van der Waals surface area contributed by atoms with Crippen LogP contribution in [-0.2, 0) is 13.5 Å². The van der Waals surface area contributed by atoms with Crippen molar-refractivity contribution in [3.63, 3.8) is 0 Å². The number of aromatic nitrogens is 5. The van der Waals surface area contributed by atoms with Crippen LogP contribution in [0.4, 0.5) is 13.6 Å². The quantitative estimate of drug-likeness (QED) is 0.629. The van der Waals surface area contributed by atoms with Crippen molar-refractivity contribution in [3.8, 4) is 11.3 Å². The molecule has 2 aromatic heterocycles. The average molecular weight is 471 g/mol. The third-order valence-corrected chi connectivity index (χ3v) is 6.55. The molecule has 2 amide bonds. The highest BCUT2D eigenvalue weighted by Gasteiger charge is 2.38. The number of carbonyl (C=O) groups excluding carboxylic acids is 1. The van der Waals surface area contributed by atoms with E-state index in [9.17, 15) is 23.5 Å². The fourth-order valence-corrected chi connectivity index (χ4v) is 5.05. The van der Waals surface area contributed by atoms with E-state index in [2.05, 4.69) is 15.2 Å². The first kappa shape index (κ1) is 22.0. The molecule has 0 aliphatic carbocycles. The summed E-state index contributed by atoms with van der Waals surface area (Å²) in [4.78, 5) is 32.1. The number of benzene rings is 1. The van der Waals surface area contributed by atoms with Crippen LogP contribution in [0, 0.1) is 11.6 Å². The number of hydrogen-bond donors (Lipinski definition) is 1. The second-order valence-corrected chi connectivity index (χ2v) is 8.55. The SMILES string of the molecule is C[C@H]1c2nn(C)c(-c3cc(F)cc(F)c3)c2CCN1C(=O)c1ncnn1C1CCCN1C(=O)O. The monoisotopic (exact) mass is 471 g/mol. The Bertz CT molecular complexity index is 1270. The Morgan fingerprint density at radius 3 is 2.56 bits per heavy atom. The molecular weight excluding hydrogens is 448 g/mol. The molecule has 1 aromatic carbocycles. The summed E-state index contributed by atoms with van der Waals surface area (Å²) < 4.78 is 30.7. The van der Waals surface area contributed by atoms with Gasteiger partial charge >= 0.3 is 6.09 Å². The van der Waals surface area contributed by atoms with E-state index < -0.39 is 29.9 Å². The molecule has 5 rings (SSSR count). The molecule has 1 N–H and O–H groups in total. The zero-order chi connectivity index (χ0) is 24.1. The number of carbonyl (C=O) groups is 2. The van der Waals surface area contributed by atoms with Gasteiger partial charge in [-0.3, -0.25) is 14.4 Å². The lowest BCUT2D eigenvalue weighted by Crippen LogP contribution is -2.41. The van der Waals surface area contributed by atoms with E-state index in [0.717, 1.165) is 11.6 Å². The minimum absolute atomic E-state index is 0.0665. The zero-order valence-electron chi connectivity index (χ0n) is 18.6. The van der Waals surface area contributed by atoms with Gasteiger partial charge in [-0.05, 0) is 38.3 Å². The molecule has 12 heteroatoms. The molecular formula is C22H23F2N7O3. The number of nitrogens with zero attached hydrogens (tertiary/aromatic N) is 7. The topological polar surface area (TPSA) is 109 Å². The van der Waals surface area contributed by atoms with Crippen LogP contribution in [0.25, 0.3) is 11.3 Å². The van der Waals surface area contributed by atoms with Gasteiger partial charge in [0.25, 0.3) is 5.91 Å². The predicted molar refractivity (Wildman–Crippen MR) is 115 cm³/mol. The first-order valence-electron chi connectivity index (χ1n) is 11.0. The second kappa shape index (κ2) is 8.19. The number of carboxylic acid groups (broad SMARTS) is 1. The summed E-state index contributed by atoms with van der Waals surface area (Å²) in [5.41, 5.74) is 2.47. The molecule has 2 atom stereocenters. The van der Waals surface area contributed by atoms with Crippen LogP contribution in [0.15, 0.2) is 24.5 Å². The lowest BCUT2D eigenvalue weighted by atomic mass is 9.95. The fourth-order valence-electron chi connectivity index (χ4n) is 5.05. The van der Waals surface area contributed by atoms with Crippen LogP contribution >= 0.6 is 0 Å². The van der Waals surface area contributed by atoms with Gasteiger partial charge < -0.3 is 10.0 Å². The predicted octanol–water partition coefficient (Wildman–Crippen LogP) is 2.99. The lowest BCUT2D eigenvalue weighted by Gasteiger charge is -2.33. The van der Waals surface area contributed by atoms with Crippen molar-refractivity contribution in [2.45, 2.75) is 38.4 Å². The van der Waals surface area contributed by atoms with Gasteiger partial charge in [-0.1, -0.05) is 0 Å². The van der Waals surface area contributed by atoms with Crippen molar-refractivity contribution in [2.75, 3.05) is 13.1 Å². The number of rotatable bonds is 3. The normalized spacial score (nSPS) is 20.0. The smallest absolute Gasteiger partial charge is 0.409 e. The van der Waals surface area contributed by atoms with E-state index >= 15 is 0 Å². The summed E-state index contributed by atoms with van der Waals surface area (Å²) in [6, 6.07) is 2.92. The largest absolute Gasteiger partial charge is 0.465 e. The molecule has 2 aliphatic heterocycles. The highest BCUT2D eigenvalue weighted by atomic mass is 19.1. The summed E-state index contributed by atoms with van der Waals surface area (Å²) >= 11 is 0. The molecule has 0 radical (unpaired) electrons. The average Bonchev–Trinajstić information content (AvgIpc) is 3.50. The summed E-state index contributed by atoms with van der Waals surface area (Å²) in [7, 11) is 1.70. The van der Waals surface area contributed by atoms with Crippen molar-refractivity contribution in [3.05, 3.63) is 53.2 Å². The Morgan fingerprint density at radius 1 is 1.12 bits per heavy atom. The van der Waals surface area contributed by atoms with Crippen LogP contribution in [0.5, 0.6) is 0 Å². The number of fused-ring (bicyclic) bond motifs is 1. The van der Waals surface area contributed by atoms with Crippen molar-refractivity contribution >= 4 is 12.0 Å². The number of aryl methyl sites for hydroxylation is 1. The molecule has 0 saturated carbocycles. The summed E-state index contributed by atoms with van der Waals surface area (Å²) in [6.45, 7) is 2.54. The van der Waals surface area contributed by atoms with E-state index in [1.807, 2.05) is 6.92 Å². The van der Waals surface area contributed by atoms with E-state index in [4.69, 9.17) is 0 Å². The second-order valence-electron chi connectivity index (χ2n) is 8.55. The Labute approximate surface area is 193 Å². The van der Waals surface area contributed by atoms with Gasteiger partial charge in [0.1, 0.15) is 24.1 Å². The van der Waals surface area contributed by atoms with Gasteiger partial charge in [0.2, 0.25) is 5.82 Å². The Balaban J connectivity index is 1.46. The van der Waals surface area contributed by atoms with Gasteiger partial charge in [-0.25, -0.2) is 23.2 Å². The molecule has 34 heavy (non-hydrogen) atoms. The van der Waals surface area contributed by atoms with Crippen molar-refractivity contribution in [2.24, 2.45) is 7.05 Å². The van der Waals surface area contributed by atoms with Gasteiger partial charge in [-0.15, -0.1) is 0 Å². The Morgan fingerprint density at radius 2 is 1.85 bits per heavy atom. The zero-order valence-corrected chi connectivity index (χ0v) is 18.6. The number of halogens is 2. The number of amides is 2. The van der Waals surface area contributed by atoms with E-state index in [1.54, 1.807) is 16.6 Å². The number of likely N-dealkylation sites (tertiary alicyclic amines) is 1. The highest BCUT2D eigenvalue weighted by molar-refractivity contribution is 5.91. The molecule has 178 valence electrons. The minimum Gasteiger partial charge on any atom is -0.465 e. The summed E-state index contributed by atoms with van der Waals surface area (Å²) in [6.07, 6.45) is 1.25. The molecule has 1 fully saturated rings. The lowest BCUT2D eigenvalue weighted by molar-refractivity contribution is 0.0634. The number of hydrogen-bond acceptors (Lipinski definition) is 5. The molecule has 2 aliphatic rings. The van der Waals surface area contributed by atoms with Gasteiger partial charge in [-0.2, -0.15) is 10.2 Å². The summed E-state index contributed by atoms with van der Waals surface area (Å²) in [5.74, 6) is -1.66. The van der Waals surface area contributed by atoms with E-state index in [-0.39, 0.29) is 11.7 Å². The minimum atomic E-state index is -1.07. The first-order chi connectivity index (χ1) is 16.3. The molecule has 0 spiro atoms. The molecule has 1 unspecified atom stereocenters. The maximum atomic E-state index is 13.9. The van der Waals surface area contributed by atoms with Crippen LogP contribution in [0.2, 0.25) is 0 Å². The highest BCUT2D eigenvalue weighted by Crippen LogP contribution is 2.37. The van der Waals surface area contributed by atoms with E-state index in [0.29, 0.717) is 49.3 Å². The third kappa shape index (κ3) is 3.49. The summed E-state index contributed by atoms with van der Waals surface area (Å²) in [5, 5.41) is 18.2. The van der Waals surface area contributed by atoms with Crippen molar-refractivity contribution in [1.29, 1.82) is 0 Å². The molecule has 0 bridgehead atoms. The van der Waals surface area contributed by atoms with Crippen LogP contribution in [-0.4, -0.2) is 64.5 Å². The Kier molecular flexibility index (Phi) is 5.29. The van der Waals surface area contributed by atoms with Gasteiger partial charge in [0, 0.05) is 37.3 Å². The Hall–Kier alpha value is -3.83. The maximum absolute atomic E-state index is 13.9. The van der Waals surface area contributed by atoms with Crippen LogP contribution < -0.4 is 0 Å². The first-order valence-corrected chi connectivity index (χ1v) is 11.0. The standard InChI is InChI=1S/C22H23F2N7O3/c1-12-18-16(19(28(2)27-18)13-8-14(23)10-15(24)9-13)5-7-29(12)21(32)20-25-11-26-31(20)17-4-3-6-30(17)22(33)34/h8-12,17H,3-7H2,1-2H3,(H,33,34)/t12-,17?/m0/s1. The molecule has 3 aromatic rings. The van der Waals surface area contributed by atoms with Gasteiger partial charge in [0.05, 0.1) is 17.4 Å². The van der Waals surface area contributed by atoms with Crippen molar-refractivity contribution in [1.82, 2.24) is 34.3 Å². The molecule has 10 nitrogen and oxygen atoms in total. The van der Waals surface area contributed by atoms with Crippen LogP contribution in [0.1, 0.15) is 53.8 Å². The van der Waals surface area contributed by atoms with Crippen LogP contribution in [0.3, 0.4) is 0 Å². The van der Waals surface area contributed by atoms with E-state index in [1.165, 1.54) is 28.0 Å². The third-order valence-electron chi connectivity index (χ3n) is 6.55.